The second-order valence-electron chi connectivity index (χ2n) is 6.75. The van der Waals surface area contributed by atoms with Crippen LogP contribution in [0.1, 0.15) is 41.3 Å². The molecule has 3 aromatic rings. The van der Waals surface area contributed by atoms with Crippen molar-refractivity contribution in [2.24, 2.45) is 11.7 Å². The second kappa shape index (κ2) is 7.27. The van der Waals surface area contributed by atoms with Crippen molar-refractivity contribution in [2.45, 2.75) is 26.2 Å². The molecule has 1 aliphatic carbocycles. The molecule has 2 atom stereocenters. The fraction of sp³-hybridized carbons (Fsp3) is 0.227. The van der Waals surface area contributed by atoms with E-state index in [2.05, 4.69) is 4.98 Å². The molecule has 0 saturated heterocycles. The number of pyridine rings is 1. The number of aromatic nitrogens is 1. The summed E-state index contributed by atoms with van der Waals surface area (Å²) in [6, 6.07) is 12.2. The Bertz CT molecular complexity index is 1030. The van der Waals surface area contributed by atoms with Gasteiger partial charge in [-0.05, 0) is 47.1 Å². The quantitative estimate of drug-likeness (QED) is 0.743. The van der Waals surface area contributed by atoms with Gasteiger partial charge >= 0.3 is 0 Å². The third-order valence-corrected chi connectivity index (χ3v) is 4.97. The standard InChI is InChI=1S/C21H17FN2O2.CH4/c22-19-9-14(3-4-16(19)21(23)26)17-10-18(17)20(25)8-12-1-2-15-11-24-6-5-13(15)7-12;/h1-7,9,11,17-18H,8,10H2,(H2,23,26);1H4/t17-,18+;/m0./s1. The monoisotopic (exact) mass is 364 g/mol. The zero-order valence-electron chi connectivity index (χ0n) is 14.0. The predicted molar refractivity (Wildman–Crippen MR) is 103 cm³/mol. The smallest absolute Gasteiger partial charge is 0.251 e. The molecule has 0 radical (unpaired) electrons. The van der Waals surface area contributed by atoms with Crippen molar-refractivity contribution in [2.75, 3.05) is 0 Å². The first kappa shape index (κ1) is 18.7. The van der Waals surface area contributed by atoms with Crippen molar-refractivity contribution < 1.29 is 14.0 Å². The van der Waals surface area contributed by atoms with Crippen LogP contribution >= 0.6 is 0 Å². The van der Waals surface area contributed by atoms with Gasteiger partial charge in [0.05, 0.1) is 5.56 Å². The summed E-state index contributed by atoms with van der Waals surface area (Å²) in [7, 11) is 0. The number of nitrogens with two attached hydrogens (primary N) is 1. The van der Waals surface area contributed by atoms with Crippen LogP contribution in [0.15, 0.2) is 54.9 Å². The van der Waals surface area contributed by atoms with Crippen molar-refractivity contribution in [3.63, 3.8) is 0 Å². The Hall–Kier alpha value is -3.08. The molecule has 0 unspecified atom stereocenters. The number of halogens is 1. The molecule has 2 N–H and O–H groups in total. The molecule has 1 aromatic heterocycles. The highest BCUT2D eigenvalue weighted by atomic mass is 19.1. The molecule has 0 aliphatic heterocycles. The number of hydrogen-bond donors (Lipinski definition) is 1. The Morgan fingerprint density at radius 2 is 1.93 bits per heavy atom. The highest BCUT2D eigenvalue weighted by Gasteiger charge is 2.43. The zero-order valence-corrected chi connectivity index (χ0v) is 14.0. The zero-order chi connectivity index (χ0) is 18.3. The molecular weight excluding hydrogens is 343 g/mol. The highest BCUT2D eigenvalue weighted by Crippen LogP contribution is 2.48. The van der Waals surface area contributed by atoms with Crippen LogP contribution < -0.4 is 5.73 Å². The lowest BCUT2D eigenvalue weighted by molar-refractivity contribution is -0.119. The van der Waals surface area contributed by atoms with E-state index in [-0.39, 0.29) is 30.6 Å². The number of carbonyl (C=O) groups excluding carboxylic acids is 2. The normalized spacial score (nSPS) is 18.0. The van der Waals surface area contributed by atoms with E-state index in [1.165, 1.54) is 12.1 Å². The maximum atomic E-state index is 13.9. The van der Waals surface area contributed by atoms with Crippen molar-refractivity contribution in [3.05, 3.63) is 77.4 Å². The van der Waals surface area contributed by atoms with Crippen molar-refractivity contribution in [1.29, 1.82) is 0 Å². The van der Waals surface area contributed by atoms with E-state index in [4.69, 9.17) is 5.73 Å². The molecule has 1 amide bonds. The summed E-state index contributed by atoms with van der Waals surface area (Å²) < 4.78 is 13.9. The first-order valence-corrected chi connectivity index (χ1v) is 8.47. The van der Waals surface area contributed by atoms with Crippen LogP contribution in [-0.2, 0) is 11.2 Å². The molecule has 5 heteroatoms. The number of amides is 1. The summed E-state index contributed by atoms with van der Waals surface area (Å²) in [5, 5.41) is 2.10. The fourth-order valence-electron chi connectivity index (χ4n) is 3.46. The van der Waals surface area contributed by atoms with Crippen LogP contribution in [-0.4, -0.2) is 16.7 Å². The minimum atomic E-state index is -0.788. The summed E-state index contributed by atoms with van der Waals surface area (Å²) in [4.78, 5) is 27.8. The highest BCUT2D eigenvalue weighted by molar-refractivity contribution is 5.93. The van der Waals surface area contributed by atoms with E-state index in [9.17, 15) is 14.0 Å². The average Bonchev–Trinajstić information content (AvgIpc) is 3.42. The van der Waals surface area contributed by atoms with E-state index in [1.54, 1.807) is 18.5 Å². The number of ketones is 1. The van der Waals surface area contributed by atoms with Crippen molar-refractivity contribution >= 4 is 22.5 Å². The summed E-state index contributed by atoms with van der Waals surface area (Å²) in [6.07, 6.45) is 4.60. The van der Waals surface area contributed by atoms with Gasteiger partial charge in [-0.1, -0.05) is 31.7 Å². The van der Waals surface area contributed by atoms with Gasteiger partial charge in [0.15, 0.2) is 0 Å². The SMILES string of the molecule is C.NC(=O)c1ccc([C@@H]2C[C@H]2C(=O)Cc2ccc3cnccc3c2)cc1F. The minimum Gasteiger partial charge on any atom is -0.366 e. The van der Waals surface area contributed by atoms with Gasteiger partial charge in [0.1, 0.15) is 11.6 Å². The Kier molecular flexibility index (Phi) is 5.04. The number of rotatable bonds is 5. The Morgan fingerprint density at radius 1 is 1.11 bits per heavy atom. The lowest BCUT2D eigenvalue weighted by Crippen LogP contribution is -2.13. The van der Waals surface area contributed by atoms with Gasteiger partial charge in [0.25, 0.3) is 5.91 Å². The van der Waals surface area contributed by atoms with Gasteiger partial charge in [-0.2, -0.15) is 0 Å². The lowest BCUT2D eigenvalue weighted by atomic mass is 10.00. The Balaban J connectivity index is 0.00000210. The van der Waals surface area contributed by atoms with Gasteiger partial charge < -0.3 is 5.73 Å². The maximum absolute atomic E-state index is 13.9. The van der Waals surface area contributed by atoms with E-state index in [1.807, 2.05) is 24.3 Å². The molecule has 2 aromatic carbocycles. The third kappa shape index (κ3) is 3.72. The van der Waals surface area contributed by atoms with Crippen LogP contribution in [0.4, 0.5) is 4.39 Å². The first-order valence-electron chi connectivity index (χ1n) is 8.47. The predicted octanol–water partition coefficient (Wildman–Crippen LogP) is 4.02. The maximum Gasteiger partial charge on any atom is 0.251 e. The summed E-state index contributed by atoms with van der Waals surface area (Å²) in [5.41, 5.74) is 6.71. The number of benzene rings is 2. The fourth-order valence-corrected chi connectivity index (χ4v) is 3.46. The largest absolute Gasteiger partial charge is 0.366 e. The number of Topliss-reactive ketones (excluding diaryl/α,β-unsaturated/α-hetero) is 1. The van der Waals surface area contributed by atoms with Crippen LogP contribution in [0.5, 0.6) is 0 Å². The molecule has 138 valence electrons. The molecule has 0 spiro atoms. The molecular formula is C22H21FN2O2. The molecule has 4 rings (SSSR count). The summed E-state index contributed by atoms with van der Waals surface area (Å²) in [6.45, 7) is 0. The third-order valence-electron chi connectivity index (χ3n) is 4.97. The van der Waals surface area contributed by atoms with E-state index >= 15 is 0 Å². The molecule has 1 aliphatic rings. The van der Waals surface area contributed by atoms with E-state index < -0.39 is 11.7 Å². The number of primary amides is 1. The van der Waals surface area contributed by atoms with Gasteiger partial charge in [-0.3, -0.25) is 14.6 Å². The Labute approximate surface area is 157 Å². The number of fused-ring (bicyclic) bond motifs is 1. The summed E-state index contributed by atoms with van der Waals surface area (Å²) >= 11 is 0. The second-order valence-corrected chi connectivity index (χ2v) is 6.75. The molecule has 27 heavy (non-hydrogen) atoms. The molecule has 1 saturated carbocycles. The topological polar surface area (TPSA) is 73.1 Å². The van der Waals surface area contributed by atoms with Crippen LogP contribution in [0.25, 0.3) is 10.8 Å². The van der Waals surface area contributed by atoms with Crippen molar-refractivity contribution in [1.82, 2.24) is 4.98 Å². The number of nitrogens with zero attached hydrogens (tertiary/aromatic N) is 1. The lowest BCUT2D eigenvalue weighted by Gasteiger charge is -2.05. The van der Waals surface area contributed by atoms with Crippen LogP contribution in [0.3, 0.4) is 0 Å². The molecule has 0 bridgehead atoms. The molecule has 4 nitrogen and oxygen atoms in total. The van der Waals surface area contributed by atoms with Crippen molar-refractivity contribution in [3.8, 4) is 0 Å². The minimum absolute atomic E-state index is 0. The van der Waals surface area contributed by atoms with Crippen LogP contribution in [0.2, 0.25) is 0 Å². The number of carbonyl (C=O) groups is 2. The Morgan fingerprint density at radius 3 is 2.67 bits per heavy atom. The number of hydrogen-bond acceptors (Lipinski definition) is 3. The van der Waals surface area contributed by atoms with Gasteiger partial charge in [-0.25, -0.2) is 4.39 Å². The van der Waals surface area contributed by atoms with Gasteiger partial charge in [-0.15, -0.1) is 0 Å². The average molecular weight is 364 g/mol. The van der Waals surface area contributed by atoms with E-state index in [0.29, 0.717) is 12.8 Å². The van der Waals surface area contributed by atoms with E-state index in [0.717, 1.165) is 21.9 Å². The van der Waals surface area contributed by atoms with Crippen LogP contribution in [0, 0.1) is 11.7 Å². The summed E-state index contributed by atoms with van der Waals surface area (Å²) in [5.74, 6) is -1.34. The molecule has 1 fully saturated rings. The van der Waals surface area contributed by atoms with Gasteiger partial charge in [0.2, 0.25) is 0 Å². The first-order chi connectivity index (χ1) is 12.5. The molecule has 1 heterocycles. The van der Waals surface area contributed by atoms with Gasteiger partial charge in [0, 0.05) is 30.1 Å².